The van der Waals surface area contributed by atoms with Crippen LogP contribution < -0.4 is 4.74 Å². The van der Waals surface area contributed by atoms with Gasteiger partial charge in [-0.25, -0.2) is 0 Å². The van der Waals surface area contributed by atoms with Crippen molar-refractivity contribution in [2.45, 2.75) is 77.7 Å². The van der Waals surface area contributed by atoms with Crippen molar-refractivity contribution in [2.75, 3.05) is 20.3 Å². The van der Waals surface area contributed by atoms with E-state index in [0.717, 1.165) is 11.3 Å². The van der Waals surface area contributed by atoms with Gasteiger partial charge in [0.25, 0.3) is 0 Å². The van der Waals surface area contributed by atoms with E-state index >= 15 is 0 Å². The minimum absolute atomic E-state index is 0.0107. The van der Waals surface area contributed by atoms with Gasteiger partial charge < -0.3 is 23.7 Å². The van der Waals surface area contributed by atoms with Crippen LogP contribution in [0.15, 0.2) is 24.3 Å². The Bertz CT molecular complexity index is 625. The molecular weight excluding hydrogens is 384 g/mol. The van der Waals surface area contributed by atoms with Crippen LogP contribution in [0.2, 0.25) is 18.1 Å². The zero-order chi connectivity index (χ0) is 21.8. The van der Waals surface area contributed by atoms with E-state index in [9.17, 15) is 5.11 Å². The van der Waals surface area contributed by atoms with E-state index in [2.05, 4.69) is 47.7 Å². The van der Waals surface area contributed by atoms with Gasteiger partial charge in [-0.2, -0.15) is 0 Å². The SMILES string of the molecule is COc1ccc(CO[C@@H]([C@H](C)[C@H]2O[C@@H]2CO)[C@@H](C)CO[Si](C)(C)C(C)(C)C)cc1. The quantitative estimate of drug-likeness (QED) is 0.414. The second kappa shape index (κ2) is 9.92. The lowest BCUT2D eigenvalue weighted by atomic mass is 9.90. The molecule has 0 amide bonds. The van der Waals surface area contributed by atoms with Crippen LogP contribution in [0.5, 0.6) is 5.75 Å². The van der Waals surface area contributed by atoms with Gasteiger partial charge in [0.05, 0.1) is 32.5 Å². The van der Waals surface area contributed by atoms with Crippen molar-refractivity contribution in [3.8, 4) is 5.75 Å². The molecule has 5 nitrogen and oxygen atoms in total. The number of rotatable bonds is 11. The van der Waals surface area contributed by atoms with E-state index in [-0.39, 0.29) is 41.8 Å². The summed E-state index contributed by atoms with van der Waals surface area (Å²) in [4.78, 5) is 0. The van der Waals surface area contributed by atoms with Gasteiger partial charge in [0, 0.05) is 18.4 Å². The predicted molar refractivity (Wildman–Crippen MR) is 119 cm³/mol. The molecule has 1 aromatic rings. The Balaban J connectivity index is 2.03. The van der Waals surface area contributed by atoms with E-state index in [1.807, 2.05) is 24.3 Å². The van der Waals surface area contributed by atoms with Gasteiger partial charge in [0.1, 0.15) is 11.9 Å². The molecule has 2 rings (SSSR count). The summed E-state index contributed by atoms with van der Waals surface area (Å²) in [5, 5.41) is 9.59. The van der Waals surface area contributed by atoms with Crippen molar-refractivity contribution in [2.24, 2.45) is 11.8 Å². The summed E-state index contributed by atoms with van der Waals surface area (Å²) in [6.07, 6.45) is -0.0230. The molecule has 0 spiro atoms. The summed E-state index contributed by atoms with van der Waals surface area (Å²) in [6.45, 7) is 16.9. The van der Waals surface area contributed by atoms with Crippen LogP contribution >= 0.6 is 0 Å². The number of methoxy groups -OCH3 is 1. The molecule has 1 aliphatic heterocycles. The number of aliphatic hydroxyl groups excluding tert-OH is 1. The average molecular weight is 425 g/mol. The topological polar surface area (TPSA) is 60.5 Å². The van der Waals surface area contributed by atoms with Gasteiger partial charge in [-0.3, -0.25) is 0 Å². The minimum atomic E-state index is -1.82. The minimum Gasteiger partial charge on any atom is -0.497 e. The van der Waals surface area contributed by atoms with E-state index in [0.29, 0.717) is 13.2 Å². The smallest absolute Gasteiger partial charge is 0.191 e. The molecule has 0 unspecified atom stereocenters. The van der Waals surface area contributed by atoms with Crippen LogP contribution in [0.4, 0.5) is 0 Å². The monoisotopic (exact) mass is 424 g/mol. The van der Waals surface area contributed by atoms with Crippen molar-refractivity contribution in [1.29, 1.82) is 0 Å². The van der Waals surface area contributed by atoms with Crippen molar-refractivity contribution in [3.63, 3.8) is 0 Å². The fourth-order valence-corrected chi connectivity index (χ4v) is 4.47. The molecular formula is C23H40O5Si. The Hall–Kier alpha value is -0.923. The fourth-order valence-electron chi connectivity index (χ4n) is 3.35. The highest BCUT2D eigenvalue weighted by Crippen LogP contribution is 2.38. The first-order chi connectivity index (χ1) is 13.5. The highest BCUT2D eigenvalue weighted by Gasteiger charge is 2.47. The molecule has 0 saturated carbocycles. The fraction of sp³-hybridized carbons (Fsp3) is 0.739. The third kappa shape index (κ3) is 6.53. The highest BCUT2D eigenvalue weighted by atomic mass is 28.4. The molecule has 29 heavy (non-hydrogen) atoms. The third-order valence-electron chi connectivity index (χ3n) is 6.51. The van der Waals surface area contributed by atoms with Crippen LogP contribution in [-0.4, -0.2) is 52.1 Å². The van der Waals surface area contributed by atoms with Gasteiger partial charge in [-0.05, 0) is 35.8 Å². The Morgan fingerprint density at radius 3 is 2.24 bits per heavy atom. The van der Waals surface area contributed by atoms with E-state index < -0.39 is 8.32 Å². The molecule has 0 aromatic heterocycles. The maximum Gasteiger partial charge on any atom is 0.191 e. The number of hydrogen-bond acceptors (Lipinski definition) is 5. The number of epoxide rings is 1. The first-order valence-electron chi connectivity index (χ1n) is 10.6. The predicted octanol–water partition coefficient (Wildman–Crippen LogP) is 4.63. The number of aliphatic hydroxyl groups is 1. The van der Waals surface area contributed by atoms with Gasteiger partial charge in [-0.1, -0.05) is 46.8 Å². The van der Waals surface area contributed by atoms with E-state index in [1.54, 1.807) is 7.11 Å². The summed E-state index contributed by atoms with van der Waals surface area (Å²) in [5.74, 6) is 1.25. The lowest BCUT2D eigenvalue weighted by Crippen LogP contribution is -2.44. The number of hydrogen-bond donors (Lipinski definition) is 1. The first kappa shape index (κ1) is 24.3. The Kier molecular flexibility index (Phi) is 8.33. The Morgan fingerprint density at radius 1 is 1.14 bits per heavy atom. The molecule has 1 aliphatic rings. The van der Waals surface area contributed by atoms with Gasteiger partial charge >= 0.3 is 0 Å². The second-order valence-corrected chi connectivity index (χ2v) is 14.7. The van der Waals surface area contributed by atoms with Crippen LogP contribution in [0, 0.1) is 11.8 Å². The first-order valence-corrected chi connectivity index (χ1v) is 13.6. The molecule has 0 radical (unpaired) electrons. The van der Waals surface area contributed by atoms with Crippen LogP contribution in [-0.2, 0) is 20.5 Å². The van der Waals surface area contributed by atoms with Crippen LogP contribution in [0.25, 0.3) is 0 Å². The standard InChI is InChI=1S/C23H40O5Si/c1-16(14-27-29(7,8)23(3,4)5)21(17(2)22-20(13-24)28-22)26-15-18-9-11-19(25-6)12-10-18/h9-12,16-17,20-22,24H,13-15H2,1-8H3/t16-,17-,20+,21+,22+/m0/s1. The maximum atomic E-state index is 9.41. The summed E-state index contributed by atoms with van der Waals surface area (Å²) in [7, 11) is -0.151. The largest absolute Gasteiger partial charge is 0.497 e. The summed E-state index contributed by atoms with van der Waals surface area (Å²) < 4.78 is 23.8. The molecule has 0 bridgehead atoms. The van der Waals surface area contributed by atoms with Gasteiger partial charge in [0.15, 0.2) is 8.32 Å². The Morgan fingerprint density at radius 2 is 1.76 bits per heavy atom. The maximum absolute atomic E-state index is 9.41. The number of benzene rings is 1. The van der Waals surface area contributed by atoms with Crippen molar-refractivity contribution >= 4 is 8.32 Å². The van der Waals surface area contributed by atoms with E-state index in [4.69, 9.17) is 18.6 Å². The van der Waals surface area contributed by atoms with Crippen LogP contribution in [0.1, 0.15) is 40.2 Å². The average Bonchev–Trinajstić information content (AvgIpc) is 3.46. The van der Waals surface area contributed by atoms with Crippen molar-refractivity contribution in [3.05, 3.63) is 29.8 Å². The van der Waals surface area contributed by atoms with Crippen molar-refractivity contribution in [1.82, 2.24) is 0 Å². The lowest BCUT2D eigenvalue weighted by molar-refractivity contribution is -0.0461. The van der Waals surface area contributed by atoms with Gasteiger partial charge in [-0.15, -0.1) is 0 Å². The zero-order valence-corrected chi connectivity index (χ0v) is 20.4. The molecule has 1 heterocycles. The van der Waals surface area contributed by atoms with Gasteiger partial charge in [0.2, 0.25) is 0 Å². The van der Waals surface area contributed by atoms with Crippen LogP contribution in [0.3, 0.4) is 0 Å². The van der Waals surface area contributed by atoms with Crippen molar-refractivity contribution < 1.29 is 23.7 Å². The van der Waals surface area contributed by atoms with E-state index in [1.165, 1.54) is 0 Å². The molecule has 1 N–H and O–H groups in total. The summed E-state index contributed by atoms with van der Waals surface area (Å²) in [6, 6.07) is 7.96. The third-order valence-corrected chi connectivity index (χ3v) is 11.0. The molecule has 1 saturated heterocycles. The lowest BCUT2D eigenvalue weighted by Gasteiger charge is -2.38. The molecule has 1 fully saturated rings. The molecule has 1 aromatic carbocycles. The molecule has 0 aliphatic carbocycles. The second-order valence-electron chi connectivity index (χ2n) is 9.85. The summed E-state index contributed by atoms with van der Waals surface area (Å²) in [5.41, 5.74) is 1.11. The highest BCUT2D eigenvalue weighted by molar-refractivity contribution is 6.74. The zero-order valence-electron chi connectivity index (χ0n) is 19.4. The molecule has 6 heteroatoms. The Labute approximate surface area is 177 Å². The number of ether oxygens (including phenoxy) is 3. The molecule has 5 atom stereocenters. The summed E-state index contributed by atoms with van der Waals surface area (Å²) >= 11 is 0. The molecule has 166 valence electrons. The normalized spacial score (nSPS) is 22.8.